The van der Waals surface area contributed by atoms with Crippen LogP contribution in [0, 0.1) is 23.7 Å². The van der Waals surface area contributed by atoms with Gasteiger partial charge in [0.2, 0.25) is 5.91 Å². The van der Waals surface area contributed by atoms with Crippen molar-refractivity contribution in [1.29, 1.82) is 0 Å². The van der Waals surface area contributed by atoms with Crippen molar-refractivity contribution in [2.24, 2.45) is 23.7 Å². The topological polar surface area (TPSA) is 121 Å². The first-order chi connectivity index (χ1) is 18.1. The lowest BCUT2D eigenvalue weighted by Crippen LogP contribution is -2.76. The number of carboxylic acid groups (broad SMARTS) is 1. The largest absolute Gasteiger partial charge is 0.481 e. The van der Waals surface area contributed by atoms with E-state index in [1.807, 2.05) is 0 Å². The Balaban J connectivity index is 1.09. The van der Waals surface area contributed by atoms with Gasteiger partial charge in [0.15, 0.2) is 0 Å². The van der Waals surface area contributed by atoms with Gasteiger partial charge in [-0.3, -0.25) is 30.5 Å². The minimum Gasteiger partial charge on any atom is -0.481 e. The first-order valence-electron chi connectivity index (χ1n) is 14.2. The normalized spacial score (nSPS) is 35.2. The van der Waals surface area contributed by atoms with Crippen molar-refractivity contribution in [3.05, 3.63) is 24.3 Å². The summed E-state index contributed by atoms with van der Waals surface area (Å²) < 4.78 is 0. The maximum atomic E-state index is 12.8. The lowest BCUT2D eigenvalue weighted by Gasteiger charge is -2.48. The van der Waals surface area contributed by atoms with Crippen molar-refractivity contribution in [1.82, 2.24) is 26.4 Å². The number of carbonyl (C=O) groups excluding carboxylic acids is 1. The minimum atomic E-state index is -0.621. The molecule has 10 nitrogen and oxygen atoms in total. The van der Waals surface area contributed by atoms with Gasteiger partial charge in [0.25, 0.3) is 0 Å². The molecule has 4 aliphatic heterocycles. The van der Waals surface area contributed by atoms with Crippen LogP contribution in [0.2, 0.25) is 0 Å². The van der Waals surface area contributed by atoms with Crippen LogP contribution >= 0.6 is 0 Å². The second-order valence-electron chi connectivity index (χ2n) is 11.5. The lowest BCUT2D eigenvalue weighted by atomic mass is 9.90. The van der Waals surface area contributed by atoms with E-state index < -0.39 is 5.97 Å². The molecule has 6 rings (SSSR count). The second-order valence-corrected chi connectivity index (χ2v) is 11.5. The van der Waals surface area contributed by atoms with Crippen LogP contribution in [0.15, 0.2) is 24.3 Å². The van der Waals surface area contributed by atoms with Crippen LogP contribution in [0.4, 0.5) is 11.4 Å². The summed E-state index contributed by atoms with van der Waals surface area (Å²) in [5.41, 5.74) is 8.07. The van der Waals surface area contributed by atoms with Crippen LogP contribution in [0.3, 0.4) is 0 Å². The number of anilines is 2. The summed E-state index contributed by atoms with van der Waals surface area (Å²) in [5.74, 6) is -0.0113. The van der Waals surface area contributed by atoms with E-state index in [0.717, 1.165) is 51.1 Å². The molecule has 0 bridgehead atoms. The number of hydrogen-bond donors (Lipinski definition) is 6. The fraction of sp³-hybridized carbons (Fsp3) is 0.704. The predicted molar refractivity (Wildman–Crippen MR) is 142 cm³/mol. The Hall–Kier alpha value is -2.40. The fourth-order valence-corrected chi connectivity index (χ4v) is 6.96. The van der Waals surface area contributed by atoms with Gasteiger partial charge in [0.05, 0.1) is 18.0 Å². The molecule has 10 heteroatoms. The number of piperidine rings is 1. The molecule has 4 saturated heterocycles. The molecule has 6 atom stereocenters. The fourth-order valence-electron chi connectivity index (χ4n) is 6.96. The molecule has 1 aromatic rings. The Bertz CT molecular complexity index is 959. The number of carbonyl (C=O) groups is 2. The van der Waals surface area contributed by atoms with Crippen molar-refractivity contribution >= 4 is 23.3 Å². The third-order valence-corrected chi connectivity index (χ3v) is 9.20. The summed E-state index contributed by atoms with van der Waals surface area (Å²) in [6.07, 6.45) is 7.85. The first-order valence-corrected chi connectivity index (χ1v) is 14.2. The van der Waals surface area contributed by atoms with Gasteiger partial charge in [-0.1, -0.05) is 12.8 Å². The van der Waals surface area contributed by atoms with Crippen molar-refractivity contribution in [3.63, 3.8) is 0 Å². The number of likely N-dealkylation sites (tertiary alicyclic amines) is 1. The molecule has 1 saturated carbocycles. The summed E-state index contributed by atoms with van der Waals surface area (Å²) >= 11 is 0. The van der Waals surface area contributed by atoms with E-state index in [-0.39, 0.29) is 36.2 Å². The highest BCUT2D eigenvalue weighted by molar-refractivity contribution is 5.81. The van der Waals surface area contributed by atoms with Gasteiger partial charge in [-0.15, -0.1) is 0 Å². The van der Waals surface area contributed by atoms with E-state index in [0.29, 0.717) is 18.4 Å². The number of fused-ring (bicyclic) bond motifs is 1. The van der Waals surface area contributed by atoms with Crippen LogP contribution in [0.1, 0.15) is 44.9 Å². The third-order valence-electron chi connectivity index (χ3n) is 9.20. The Morgan fingerprint density at radius 3 is 2.38 bits per heavy atom. The van der Waals surface area contributed by atoms with E-state index in [1.165, 1.54) is 31.4 Å². The number of nitrogens with zero attached hydrogens (tertiary/aromatic N) is 2. The van der Waals surface area contributed by atoms with Crippen molar-refractivity contribution in [3.8, 4) is 0 Å². The van der Waals surface area contributed by atoms with Crippen LogP contribution < -0.4 is 31.7 Å². The van der Waals surface area contributed by atoms with Gasteiger partial charge in [-0.05, 0) is 68.2 Å². The zero-order valence-corrected chi connectivity index (χ0v) is 21.5. The SMILES string of the molecule is O=C(O)C1CC1C1CCN(c2ccc(NC3NC(N4CCCCCC4)NC4CNNC(=O)C43)cc2)CC1. The zero-order valence-electron chi connectivity index (χ0n) is 21.5. The molecule has 4 heterocycles. The van der Waals surface area contributed by atoms with Gasteiger partial charge in [-0.25, -0.2) is 5.43 Å². The molecule has 1 amide bonds. The number of benzene rings is 1. The monoisotopic (exact) mass is 511 g/mol. The molecule has 0 spiro atoms. The molecular formula is C27H41N7O3. The van der Waals surface area contributed by atoms with E-state index in [9.17, 15) is 14.7 Å². The van der Waals surface area contributed by atoms with Gasteiger partial charge in [0, 0.05) is 50.1 Å². The minimum absolute atomic E-state index is 0.00311. The molecule has 5 aliphatic rings. The number of aliphatic carboxylic acids is 1. The van der Waals surface area contributed by atoms with Crippen molar-refractivity contribution in [2.45, 2.75) is 63.4 Å². The summed E-state index contributed by atoms with van der Waals surface area (Å²) in [5, 5.41) is 20.3. The lowest BCUT2D eigenvalue weighted by molar-refractivity contribution is -0.139. The van der Waals surface area contributed by atoms with Crippen LogP contribution in [0.5, 0.6) is 0 Å². The summed E-state index contributed by atoms with van der Waals surface area (Å²) in [6, 6.07) is 8.59. The van der Waals surface area contributed by atoms with Gasteiger partial charge in [0.1, 0.15) is 6.29 Å². The highest BCUT2D eigenvalue weighted by Crippen LogP contribution is 2.48. The van der Waals surface area contributed by atoms with E-state index in [4.69, 9.17) is 0 Å². The third kappa shape index (κ3) is 5.43. The summed E-state index contributed by atoms with van der Waals surface area (Å²) in [6.45, 7) is 4.79. The predicted octanol–water partition coefficient (Wildman–Crippen LogP) is 1.33. The van der Waals surface area contributed by atoms with Gasteiger partial charge >= 0.3 is 5.97 Å². The molecule has 1 aromatic carbocycles. The molecule has 37 heavy (non-hydrogen) atoms. The highest BCUT2D eigenvalue weighted by Gasteiger charge is 2.48. The number of amides is 1. The maximum absolute atomic E-state index is 12.8. The number of hydrazine groups is 1. The van der Waals surface area contributed by atoms with Crippen molar-refractivity contribution < 1.29 is 14.7 Å². The summed E-state index contributed by atoms with van der Waals surface area (Å²) in [7, 11) is 0. The van der Waals surface area contributed by atoms with Crippen LogP contribution in [0.25, 0.3) is 0 Å². The zero-order chi connectivity index (χ0) is 25.4. The molecule has 0 radical (unpaired) electrons. The van der Waals surface area contributed by atoms with Gasteiger partial charge < -0.3 is 15.3 Å². The van der Waals surface area contributed by atoms with Crippen LogP contribution in [-0.2, 0) is 9.59 Å². The quantitative estimate of drug-likeness (QED) is 0.336. The molecule has 1 aliphatic carbocycles. The number of rotatable bonds is 6. The average Bonchev–Trinajstić information content (AvgIpc) is 3.74. The summed E-state index contributed by atoms with van der Waals surface area (Å²) in [4.78, 5) is 28.9. The molecule has 202 valence electrons. The van der Waals surface area contributed by atoms with Crippen LogP contribution in [-0.4, -0.2) is 73.1 Å². The molecule has 6 N–H and O–H groups in total. The standard InChI is InChI=1S/C27H41N7O3/c35-25-23-22(16-28-32-25)30-27(34-11-3-1-2-4-12-34)31-24(23)29-18-5-7-19(8-6-18)33-13-9-17(10-14-33)20-15-21(20)26(36)37/h5-8,17,20-24,27-31H,1-4,9-16H2,(H,32,35)(H,36,37). The molecule has 0 aromatic heterocycles. The Kier molecular flexibility index (Phi) is 7.25. The highest BCUT2D eigenvalue weighted by atomic mass is 16.4. The van der Waals surface area contributed by atoms with Gasteiger partial charge in [-0.2, -0.15) is 0 Å². The first kappa shape index (κ1) is 24.9. The number of hydrogen-bond acceptors (Lipinski definition) is 8. The molecular weight excluding hydrogens is 470 g/mol. The average molecular weight is 512 g/mol. The van der Waals surface area contributed by atoms with E-state index in [2.05, 4.69) is 60.9 Å². The number of carboxylic acids is 1. The Labute approximate surface area is 218 Å². The maximum Gasteiger partial charge on any atom is 0.306 e. The molecule has 5 fully saturated rings. The Morgan fingerprint density at radius 2 is 1.70 bits per heavy atom. The molecule has 6 unspecified atom stereocenters. The van der Waals surface area contributed by atoms with E-state index in [1.54, 1.807) is 0 Å². The van der Waals surface area contributed by atoms with E-state index >= 15 is 0 Å². The number of nitrogens with one attached hydrogen (secondary N) is 5. The van der Waals surface area contributed by atoms with Crippen molar-refractivity contribution in [2.75, 3.05) is 42.9 Å². The smallest absolute Gasteiger partial charge is 0.306 e. The second kappa shape index (κ2) is 10.8. The Morgan fingerprint density at radius 1 is 0.973 bits per heavy atom.